The molecule has 0 spiro atoms. The molecule has 1 aromatic heterocycles. The molecule has 1 aliphatic heterocycles. The number of nitrogen functional groups attached to an aromatic ring is 1. The molecule has 2 aromatic rings. The molecule has 1 aliphatic rings. The van der Waals surface area contributed by atoms with Gasteiger partial charge in [-0.05, 0) is 24.7 Å². The number of primary amides is 1. The average molecular weight is 343 g/mol. The van der Waals surface area contributed by atoms with Gasteiger partial charge in [-0.25, -0.2) is 9.37 Å². The summed E-state index contributed by atoms with van der Waals surface area (Å²) in [6.45, 7) is 4.44. The summed E-state index contributed by atoms with van der Waals surface area (Å²) in [7, 11) is 2.09. The van der Waals surface area contributed by atoms with Gasteiger partial charge in [0.25, 0.3) is 5.91 Å². The second-order valence-corrected chi connectivity index (χ2v) is 6.41. The Kier molecular flexibility index (Phi) is 4.96. The van der Waals surface area contributed by atoms with Crippen LogP contribution < -0.4 is 11.5 Å². The number of benzene rings is 1. The minimum atomic E-state index is -0.654. The van der Waals surface area contributed by atoms with Gasteiger partial charge in [0.15, 0.2) is 0 Å². The van der Waals surface area contributed by atoms with Crippen molar-refractivity contribution in [3.63, 3.8) is 0 Å². The summed E-state index contributed by atoms with van der Waals surface area (Å²) < 4.78 is 14.5. The molecule has 1 saturated heterocycles. The highest BCUT2D eigenvalue weighted by molar-refractivity contribution is 5.98. The Hall–Kier alpha value is -2.51. The quantitative estimate of drug-likeness (QED) is 0.874. The lowest BCUT2D eigenvalue weighted by Crippen LogP contribution is -2.44. The number of amides is 1. The standard InChI is InChI=1S/C18H22FN5O/c1-23-4-6-24(7-5-23)11-13-3-2-12(9-16(13)19)14-8-15(18(21)25)17(20)22-10-14/h2-3,8-10H,4-7,11H2,1H3,(H2,20,22)(H2,21,25). The van der Waals surface area contributed by atoms with Crippen molar-refractivity contribution in [1.29, 1.82) is 0 Å². The lowest BCUT2D eigenvalue weighted by atomic mass is 10.0. The van der Waals surface area contributed by atoms with Crippen molar-refractivity contribution in [2.45, 2.75) is 6.54 Å². The van der Waals surface area contributed by atoms with E-state index in [0.29, 0.717) is 23.2 Å². The van der Waals surface area contributed by atoms with Crippen LogP contribution in [-0.4, -0.2) is 53.9 Å². The number of nitrogens with zero attached hydrogens (tertiary/aromatic N) is 3. The Morgan fingerprint density at radius 2 is 1.92 bits per heavy atom. The Morgan fingerprint density at radius 3 is 2.56 bits per heavy atom. The van der Waals surface area contributed by atoms with Crippen LogP contribution in [0.2, 0.25) is 0 Å². The number of carbonyl (C=O) groups is 1. The lowest BCUT2D eigenvalue weighted by molar-refractivity contribution is 0.100. The molecule has 3 rings (SSSR count). The normalized spacial score (nSPS) is 16.1. The van der Waals surface area contributed by atoms with E-state index in [1.807, 2.05) is 6.07 Å². The first-order valence-electron chi connectivity index (χ1n) is 8.19. The molecule has 1 aromatic carbocycles. The van der Waals surface area contributed by atoms with Crippen LogP contribution in [0.5, 0.6) is 0 Å². The number of pyridine rings is 1. The van der Waals surface area contributed by atoms with Gasteiger partial charge in [-0.15, -0.1) is 0 Å². The zero-order chi connectivity index (χ0) is 18.0. The molecule has 132 valence electrons. The van der Waals surface area contributed by atoms with Gasteiger partial charge in [-0.1, -0.05) is 12.1 Å². The molecule has 7 heteroatoms. The summed E-state index contributed by atoms with van der Waals surface area (Å²) in [5.74, 6) is -0.851. The molecule has 0 bridgehead atoms. The zero-order valence-electron chi connectivity index (χ0n) is 14.2. The molecular formula is C18H22FN5O. The lowest BCUT2D eigenvalue weighted by Gasteiger charge is -2.32. The van der Waals surface area contributed by atoms with Gasteiger partial charge in [-0.2, -0.15) is 0 Å². The maximum Gasteiger partial charge on any atom is 0.252 e. The summed E-state index contributed by atoms with van der Waals surface area (Å²) in [5.41, 5.74) is 13.0. The van der Waals surface area contributed by atoms with Crippen molar-refractivity contribution in [1.82, 2.24) is 14.8 Å². The zero-order valence-corrected chi connectivity index (χ0v) is 14.2. The third-order valence-electron chi connectivity index (χ3n) is 4.56. The van der Waals surface area contributed by atoms with Crippen LogP contribution in [0.4, 0.5) is 10.2 Å². The monoisotopic (exact) mass is 343 g/mol. The molecule has 25 heavy (non-hydrogen) atoms. The number of carbonyl (C=O) groups excluding carboxylic acids is 1. The minimum absolute atomic E-state index is 0.0726. The fourth-order valence-corrected chi connectivity index (χ4v) is 2.93. The van der Waals surface area contributed by atoms with Crippen LogP contribution in [0.15, 0.2) is 30.5 Å². The Labute approximate surface area is 146 Å². The molecular weight excluding hydrogens is 321 g/mol. The first kappa shape index (κ1) is 17.3. The van der Waals surface area contributed by atoms with Crippen molar-refractivity contribution in [3.05, 3.63) is 47.4 Å². The van der Waals surface area contributed by atoms with E-state index in [-0.39, 0.29) is 17.2 Å². The Balaban J connectivity index is 1.80. The van der Waals surface area contributed by atoms with Gasteiger partial charge >= 0.3 is 0 Å². The molecule has 0 radical (unpaired) electrons. The fraction of sp³-hybridized carbons (Fsp3) is 0.333. The van der Waals surface area contributed by atoms with Crippen LogP contribution in [0, 0.1) is 5.82 Å². The number of likely N-dealkylation sites (N-methyl/N-ethyl adjacent to an activating group) is 1. The number of hydrogen-bond acceptors (Lipinski definition) is 5. The summed E-state index contributed by atoms with van der Waals surface area (Å²) in [6.07, 6.45) is 1.51. The van der Waals surface area contributed by atoms with Crippen molar-refractivity contribution in [2.24, 2.45) is 5.73 Å². The number of anilines is 1. The highest BCUT2D eigenvalue weighted by Gasteiger charge is 2.16. The van der Waals surface area contributed by atoms with Gasteiger partial charge < -0.3 is 16.4 Å². The number of aromatic nitrogens is 1. The fourth-order valence-electron chi connectivity index (χ4n) is 2.93. The van der Waals surface area contributed by atoms with Crippen molar-refractivity contribution < 1.29 is 9.18 Å². The van der Waals surface area contributed by atoms with Crippen molar-refractivity contribution in [3.8, 4) is 11.1 Å². The van der Waals surface area contributed by atoms with Gasteiger partial charge in [0.2, 0.25) is 0 Å². The Bertz CT molecular complexity index is 787. The topological polar surface area (TPSA) is 88.5 Å². The highest BCUT2D eigenvalue weighted by atomic mass is 19.1. The van der Waals surface area contributed by atoms with E-state index in [1.165, 1.54) is 12.3 Å². The van der Waals surface area contributed by atoms with Gasteiger partial charge in [-0.3, -0.25) is 9.69 Å². The second kappa shape index (κ2) is 7.16. The summed E-state index contributed by atoms with van der Waals surface area (Å²) in [5, 5.41) is 0. The second-order valence-electron chi connectivity index (χ2n) is 6.41. The first-order chi connectivity index (χ1) is 11.9. The summed E-state index contributed by atoms with van der Waals surface area (Å²) in [6, 6.07) is 6.61. The summed E-state index contributed by atoms with van der Waals surface area (Å²) in [4.78, 5) is 19.9. The maximum absolute atomic E-state index is 14.5. The van der Waals surface area contributed by atoms with Crippen LogP contribution >= 0.6 is 0 Å². The molecule has 6 nitrogen and oxygen atoms in total. The van der Waals surface area contributed by atoms with Crippen LogP contribution in [-0.2, 0) is 6.54 Å². The third-order valence-corrected chi connectivity index (χ3v) is 4.56. The van der Waals surface area contributed by atoms with E-state index in [4.69, 9.17) is 11.5 Å². The molecule has 0 saturated carbocycles. The van der Waals surface area contributed by atoms with Crippen molar-refractivity contribution >= 4 is 11.7 Å². The smallest absolute Gasteiger partial charge is 0.252 e. The van der Waals surface area contributed by atoms with Crippen LogP contribution in [0.25, 0.3) is 11.1 Å². The number of rotatable bonds is 4. The Morgan fingerprint density at radius 1 is 1.20 bits per heavy atom. The number of hydrogen-bond donors (Lipinski definition) is 2. The van der Waals surface area contributed by atoms with E-state index >= 15 is 0 Å². The van der Waals surface area contributed by atoms with Gasteiger partial charge in [0, 0.05) is 50.0 Å². The molecule has 1 amide bonds. The van der Waals surface area contributed by atoms with E-state index in [1.54, 1.807) is 12.1 Å². The molecule has 0 unspecified atom stereocenters. The van der Waals surface area contributed by atoms with Crippen LogP contribution in [0.1, 0.15) is 15.9 Å². The molecule has 4 N–H and O–H groups in total. The SMILES string of the molecule is CN1CCN(Cc2ccc(-c3cnc(N)c(C(N)=O)c3)cc2F)CC1. The predicted molar refractivity (Wildman–Crippen MR) is 95.3 cm³/mol. The van der Waals surface area contributed by atoms with Gasteiger partial charge in [0.05, 0.1) is 5.56 Å². The maximum atomic E-state index is 14.5. The molecule has 2 heterocycles. The molecule has 0 atom stereocenters. The number of nitrogens with two attached hydrogens (primary N) is 2. The average Bonchev–Trinajstić information content (AvgIpc) is 2.59. The number of piperazine rings is 1. The predicted octanol–water partition coefficient (Wildman–Crippen LogP) is 1.32. The van der Waals surface area contributed by atoms with Crippen molar-refractivity contribution in [2.75, 3.05) is 39.0 Å². The molecule has 1 fully saturated rings. The first-order valence-corrected chi connectivity index (χ1v) is 8.19. The number of halogens is 1. The molecule has 0 aliphatic carbocycles. The minimum Gasteiger partial charge on any atom is -0.383 e. The summed E-state index contributed by atoms with van der Waals surface area (Å²) >= 11 is 0. The van der Waals surface area contributed by atoms with Crippen LogP contribution in [0.3, 0.4) is 0 Å². The van der Waals surface area contributed by atoms with E-state index in [2.05, 4.69) is 21.8 Å². The van der Waals surface area contributed by atoms with E-state index in [0.717, 1.165) is 26.2 Å². The van der Waals surface area contributed by atoms with E-state index in [9.17, 15) is 9.18 Å². The third kappa shape index (κ3) is 3.94. The van der Waals surface area contributed by atoms with Gasteiger partial charge in [0.1, 0.15) is 11.6 Å². The highest BCUT2D eigenvalue weighted by Crippen LogP contribution is 2.24. The van der Waals surface area contributed by atoms with E-state index < -0.39 is 5.91 Å². The largest absolute Gasteiger partial charge is 0.383 e.